The summed E-state index contributed by atoms with van der Waals surface area (Å²) < 4.78 is 5.78. The molecule has 1 saturated heterocycles. The Morgan fingerprint density at radius 3 is 2.58 bits per heavy atom. The third kappa shape index (κ3) is 4.35. The molecule has 7 heteroatoms. The Bertz CT molecular complexity index is 1110. The molecule has 1 spiro atoms. The van der Waals surface area contributed by atoms with E-state index in [9.17, 15) is 24.6 Å². The zero-order valence-corrected chi connectivity index (χ0v) is 21.0. The van der Waals surface area contributed by atoms with Gasteiger partial charge in [-0.1, -0.05) is 56.0 Å². The van der Waals surface area contributed by atoms with Gasteiger partial charge in [0.15, 0.2) is 5.78 Å². The number of ether oxygens (including phenoxy) is 1. The molecular weight excluding hydrogens is 458 g/mol. The van der Waals surface area contributed by atoms with E-state index in [4.69, 9.17) is 4.74 Å². The maximum Gasteiger partial charge on any atom is 0.303 e. The fourth-order valence-corrected chi connectivity index (χ4v) is 6.37. The molecule has 3 aliphatic rings. The van der Waals surface area contributed by atoms with Gasteiger partial charge in [0.2, 0.25) is 5.91 Å². The van der Waals surface area contributed by atoms with Crippen LogP contribution in [0.3, 0.4) is 0 Å². The Morgan fingerprint density at radius 2 is 1.92 bits per heavy atom. The third-order valence-electron chi connectivity index (χ3n) is 8.19. The lowest BCUT2D eigenvalue weighted by molar-refractivity contribution is -0.166. The lowest BCUT2D eigenvalue weighted by Crippen LogP contribution is -2.60. The largest absolute Gasteiger partial charge is 0.457 e. The number of aliphatic hydroxyl groups is 2. The number of hydrogen-bond donors (Lipinski definition) is 3. The SMILES string of the molecule is C=C1C(O)[C@@H]2/C=C/CCC(=O)[C@](C)(O)/C=C/C(OC(C)=O)[C@]23C(=O)N[C@@H](Cc2ccccc2)[C@@H]3[C@@H]1C. The van der Waals surface area contributed by atoms with Crippen molar-refractivity contribution in [2.24, 2.45) is 23.2 Å². The summed E-state index contributed by atoms with van der Waals surface area (Å²) in [6.07, 6.45) is 5.08. The molecule has 3 N–H and O–H groups in total. The van der Waals surface area contributed by atoms with Crippen molar-refractivity contribution >= 4 is 17.7 Å². The average molecular weight is 494 g/mol. The molecule has 36 heavy (non-hydrogen) atoms. The van der Waals surface area contributed by atoms with E-state index in [1.165, 1.54) is 26.0 Å². The molecule has 0 radical (unpaired) electrons. The molecular formula is C29H35NO6. The molecule has 2 unspecified atom stereocenters. The van der Waals surface area contributed by atoms with E-state index < -0.39 is 35.1 Å². The number of hydrogen-bond acceptors (Lipinski definition) is 6. The van der Waals surface area contributed by atoms with Crippen molar-refractivity contribution in [3.8, 4) is 0 Å². The van der Waals surface area contributed by atoms with Crippen molar-refractivity contribution in [2.45, 2.75) is 63.9 Å². The molecule has 1 saturated carbocycles. The van der Waals surface area contributed by atoms with Crippen LogP contribution >= 0.6 is 0 Å². The number of carbonyl (C=O) groups excluding carboxylic acids is 3. The van der Waals surface area contributed by atoms with Gasteiger partial charge in [-0.05, 0) is 49.0 Å². The summed E-state index contributed by atoms with van der Waals surface area (Å²) in [4.78, 5) is 39.0. The van der Waals surface area contributed by atoms with Crippen molar-refractivity contribution in [1.29, 1.82) is 0 Å². The molecule has 1 aromatic rings. The van der Waals surface area contributed by atoms with Crippen molar-refractivity contribution in [3.05, 3.63) is 72.4 Å². The predicted octanol–water partition coefficient (Wildman–Crippen LogP) is 2.67. The van der Waals surface area contributed by atoms with Crippen LogP contribution in [-0.2, 0) is 25.5 Å². The number of amides is 1. The summed E-state index contributed by atoms with van der Waals surface area (Å²) in [6.45, 7) is 8.77. The van der Waals surface area contributed by atoms with Gasteiger partial charge in [0.1, 0.15) is 17.1 Å². The Morgan fingerprint density at radius 1 is 1.22 bits per heavy atom. The zero-order valence-electron chi connectivity index (χ0n) is 21.0. The summed E-state index contributed by atoms with van der Waals surface area (Å²) in [6, 6.07) is 9.49. The molecule has 2 aliphatic carbocycles. The minimum atomic E-state index is -1.79. The molecule has 7 nitrogen and oxygen atoms in total. The van der Waals surface area contributed by atoms with E-state index in [0.717, 1.165) is 5.56 Å². The van der Waals surface area contributed by atoms with Gasteiger partial charge in [-0.2, -0.15) is 0 Å². The van der Waals surface area contributed by atoms with Gasteiger partial charge in [0, 0.05) is 31.2 Å². The highest BCUT2D eigenvalue weighted by molar-refractivity contribution is 5.90. The number of aliphatic hydroxyl groups excluding tert-OH is 1. The van der Waals surface area contributed by atoms with Crippen LogP contribution in [0.4, 0.5) is 0 Å². The Labute approximate surface area is 211 Å². The lowest BCUT2D eigenvalue weighted by Gasteiger charge is -2.52. The quantitative estimate of drug-likeness (QED) is 0.441. The van der Waals surface area contributed by atoms with Crippen molar-refractivity contribution in [2.75, 3.05) is 0 Å². The Kier molecular flexibility index (Phi) is 7.08. The van der Waals surface area contributed by atoms with Crippen LogP contribution in [0.15, 0.2) is 66.8 Å². The van der Waals surface area contributed by atoms with E-state index >= 15 is 0 Å². The summed E-state index contributed by atoms with van der Waals surface area (Å²) in [7, 11) is 0. The van der Waals surface area contributed by atoms with Crippen LogP contribution in [0.25, 0.3) is 0 Å². The number of allylic oxidation sites excluding steroid dienone is 1. The highest BCUT2D eigenvalue weighted by Crippen LogP contribution is 2.58. The molecule has 192 valence electrons. The summed E-state index contributed by atoms with van der Waals surface area (Å²) in [5.74, 6) is -2.74. The molecule has 8 atom stereocenters. The second-order valence-corrected chi connectivity index (χ2v) is 10.5. The minimum Gasteiger partial charge on any atom is -0.457 e. The van der Waals surface area contributed by atoms with Crippen LogP contribution in [0.1, 0.15) is 39.2 Å². The normalized spacial score (nSPS) is 40.3. The fourth-order valence-electron chi connectivity index (χ4n) is 6.37. The number of nitrogens with one attached hydrogen (secondary N) is 1. The second-order valence-electron chi connectivity index (χ2n) is 10.5. The molecule has 2 fully saturated rings. The summed E-state index contributed by atoms with van der Waals surface area (Å²) in [5, 5.41) is 25.4. The van der Waals surface area contributed by atoms with E-state index in [0.29, 0.717) is 18.4 Å². The fraction of sp³-hybridized carbons (Fsp3) is 0.483. The van der Waals surface area contributed by atoms with Crippen LogP contribution in [0, 0.1) is 23.2 Å². The number of carbonyl (C=O) groups is 3. The predicted molar refractivity (Wildman–Crippen MR) is 134 cm³/mol. The molecule has 1 heterocycles. The van der Waals surface area contributed by atoms with Gasteiger partial charge in [0.25, 0.3) is 0 Å². The van der Waals surface area contributed by atoms with Gasteiger partial charge in [0.05, 0.1) is 6.10 Å². The van der Waals surface area contributed by atoms with Gasteiger partial charge in [-0.25, -0.2) is 0 Å². The van der Waals surface area contributed by atoms with Gasteiger partial charge < -0.3 is 20.3 Å². The van der Waals surface area contributed by atoms with E-state index in [2.05, 4.69) is 11.9 Å². The topological polar surface area (TPSA) is 113 Å². The monoisotopic (exact) mass is 493 g/mol. The first-order valence-corrected chi connectivity index (χ1v) is 12.5. The Hall–Kier alpha value is -3.03. The van der Waals surface area contributed by atoms with E-state index in [-0.39, 0.29) is 36.0 Å². The van der Waals surface area contributed by atoms with Gasteiger partial charge in [-0.3, -0.25) is 14.4 Å². The number of ketones is 1. The molecule has 4 rings (SSSR count). The van der Waals surface area contributed by atoms with Gasteiger partial charge >= 0.3 is 5.97 Å². The Balaban J connectivity index is 1.93. The zero-order chi connectivity index (χ0) is 26.3. The lowest BCUT2D eigenvalue weighted by atomic mass is 9.51. The number of esters is 1. The maximum atomic E-state index is 14.1. The number of benzene rings is 1. The maximum absolute atomic E-state index is 14.1. The van der Waals surface area contributed by atoms with Crippen molar-refractivity contribution < 1.29 is 29.3 Å². The first-order chi connectivity index (χ1) is 17.0. The van der Waals surface area contributed by atoms with Crippen LogP contribution in [-0.4, -0.2) is 51.7 Å². The third-order valence-corrected chi connectivity index (χ3v) is 8.19. The summed E-state index contributed by atoms with van der Waals surface area (Å²) in [5.41, 5.74) is -1.51. The minimum absolute atomic E-state index is 0.0888. The molecule has 1 aromatic carbocycles. The summed E-state index contributed by atoms with van der Waals surface area (Å²) >= 11 is 0. The highest BCUT2D eigenvalue weighted by Gasteiger charge is 2.68. The average Bonchev–Trinajstić information content (AvgIpc) is 3.11. The van der Waals surface area contributed by atoms with Gasteiger partial charge in [-0.15, -0.1) is 0 Å². The standard InChI is InChI=1S/C29H35NO6/c1-17-18(2)26(33)21-12-8-9-13-23(32)28(4,35)15-14-24(36-19(3)31)29(21)25(17)22(30-27(29)34)16-20-10-6-5-7-11-20/h5-8,10-12,14-15,17,21-22,24-26,33,35H,2,9,13,16H2,1,3-4H3,(H,30,34)/b12-8+,15-14+/t17-,21+,22+,24?,25+,26?,28-,29-/m1/s1. The van der Waals surface area contributed by atoms with Crippen LogP contribution in [0.2, 0.25) is 0 Å². The molecule has 0 aromatic heterocycles. The number of rotatable bonds is 3. The number of Topliss-reactive ketones (excluding diaryl/α,β-unsaturated/α-hetero) is 1. The smallest absolute Gasteiger partial charge is 0.303 e. The van der Waals surface area contributed by atoms with E-state index in [1.54, 1.807) is 12.2 Å². The van der Waals surface area contributed by atoms with Crippen molar-refractivity contribution in [3.63, 3.8) is 0 Å². The highest BCUT2D eigenvalue weighted by atomic mass is 16.5. The van der Waals surface area contributed by atoms with Crippen LogP contribution < -0.4 is 5.32 Å². The first-order valence-electron chi connectivity index (χ1n) is 12.5. The van der Waals surface area contributed by atoms with E-state index in [1.807, 2.05) is 37.3 Å². The molecule has 0 bridgehead atoms. The molecule has 1 aliphatic heterocycles. The first kappa shape index (κ1) is 26.0. The van der Waals surface area contributed by atoms with Crippen molar-refractivity contribution in [1.82, 2.24) is 5.32 Å². The molecule has 1 amide bonds. The second kappa shape index (κ2) is 9.79. The van der Waals surface area contributed by atoms with Crippen LogP contribution in [0.5, 0.6) is 0 Å².